The number of nitrogens with two attached hydrogens (primary N) is 2. The number of carbonyl (C=O) groups is 3. The summed E-state index contributed by atoms with van der Waals surface area (Å²) in [5.41, 5.74) is 12.4. The third kappa shape index (κ3) is 9.54. The Balaban J connectivity index is 2.74. The lowest BCUT2D eigenvalue weighted by molar-refractivity contribution is -0.142. The van der Waals surface area contributed by atoms with E-state index < -0.39 is 35.9 Å². The molecule has 8 nitrogen and oxygen atoms in total. The van der Waals surface area contributed by atoms with Crippen molar-refractivity contribution in [1.82, 2.24) is 10.6 Å². The molecule has 0 aliphatic heterocycles. The van der Waals surface area contributed by atoms with Crippen LogP contribution < -0.4 is 22.1 Å². The monoisotopic (exact) mass is 406 g/mol. The summed E-state index contributed by atoms with van der Waals surface area (Å²) in [6, 6.07) is 6.70. The largest absolute Gasteiger partial charge is 0.480 e. The zero-order valence-corrected chi connectivity index (χ0v) is 17.3. The molecule has 0 unspecified atom stereocenters. The van der Waals surface area contributed by atoms with E-state index in [0.29, 0.717) is 32.2 Å². The Hall–Kier alpha value is -2.45. The minimum Gasteiger partial charge on any atom is -0.480 e. The minimum atomic E-state index is -1.11. The van der Waals surface area contributed by atoms with Crippen LogP contribution in [-0.4, -0.2) is 47.6 Å². The van der Waals surface area contributed by atoms with Gasteiger partial charge in [0.05, 0.1) is 6.04 Å². The number of amides is 2. The summed E-state index contributed by atoms with van der Waals surface area (Å²) in [6.07, 6.45) is 2.29. The Morgan fingerprint density at radius 1 is 1.00 bits per heavy atom. The van der Waals surface area contributed by atoms with Gasteiger partial charge in [0.1, 0.15) is 12.1 Å². The number of unbranched alkanes of at least 4 members (excludes halogenated alkanes) is 1. The zero-order chi connectivity index (χ0) is 21.8. The number of aliphatic carboxylic acids is 1. The Morgan fingerprint density at radius 2 is 1.62 bits per heavy atom. The van der Waals surface area contributed by atoms with E-state index >= 15 is 0 Å². The number of hydrogen-bond donors (Lipinski definition) is 5. The molecule has 0 fully saturated rings. The van der Waals surface area contributed by atoms with Gasteiger partial charge in [-0.1, -0.05) is 44.2 Å². The van der Waals surface area contributed by atoms with Crippen LogP contribution in [0.25, 0.3) is 0 Å². The topological polar surface area (TPSA) is 148 Å². The first-order valence-electron chi connectivity index (χ1n) is 10.1. The van der Waals surface area contributed by atoms with Crippen LogP contribution in [0.2, 0.25) is 0 Å². The molecule has 3 atom stereocenters. The number of carboxylic acids is 1. The first kappa shape index (κ1) is 24.6. The summed E-state index contributed by atoms with van der Waals surface area (Å²) in [4.78, 5) is 36.7. The van der Waals surface area contributed by atoms with Crippen molar-refractivity contribution in [2.24, 2.45) is 17.4 Å². The molecule has 0 radical (unpaired) electrons. The van der Waals surface area contributed by atoms with Crippen LogP contribution in [0, 0.1) is 5.92 Å². The van der Waals surface area contributed by atoms with Gasteiger partial charge in [0.15, 0.2) is 0 Å². The highest BCUT2D eigenvalue weighted by Crippen LogP contribution is 2.09. The number of rotatable bonds is 13. The lowest BCUT2D eigenvalue weighted by Gasteiger charge is -2.24. The molecule has 1 aromatic rings. The van der Waals surface area contributed by atoms with Gasteiger partial charge in [0, 0.05) is 0 Å². The van der Waals surface area contributed by atoms with E-state index in [0.717, 1.165) is 5.56 Å². The van der Waals surface area contributed by atoms with Gasteiger partial charge in [-0.2, -0.15) is 0 Å². The van der Waals surface area contributed by atoms with E-state index in [9.17, 15) is 19.5 Å². The van der Waals surface area contributed by atoms with Crippen molar-refractivity contribution in [1.29, 1.82) is 0 Å². The fraction of sp³-hybridized carbons (Fsp3) is 0.571. The van der Waals surface area contributed by atoms with E-state index in [-0.39, 0.29) is 12.3 Å². The second-order valence-electron chi connectivity index (χ2n) is 7.67. The Labute approximate surface area is 172 Å². The lowest BCUT2D eigenvalue weighted by Crippen LogP contribution is -2.55. The maximum absolute atomic E-state index is 12.7. The molecule has 0 saturated heterocycles. The van der Waals surface area contributed by atoms with Crippen molar-refractivity contribution in [3.8, 4) is 0 Å². The van der Waals surface area contributed by atoms with E-state index in [1.54, 1.807) is 0 Å². The van der Waals surface area contributed by atoms with Crippen LogP contribution in [0.1, 0.15) is 45.1 Å². The van der Waals surface area contributed by atoms with Gasteiger partial charge < -0.3 is 27.2 Å². The normalized spacial score (nSPS) is 14.1. The number of carboxylic acid groups (broad SMARTS) is 1. The quantitative estimate of drug-likeness (QED) is 0.306. The summed E-state index contributed by atoms with van der Waals surface area (Å²) >= 11 is 0. The first-order chi connectivity index (χ1) is 13.7. The molecule has 1 rings (SSSR count). The molecule has 2 amide bonds. The van der Waals surface area contributed by atoms with E-state index in [1.165, 1.54) is 0 Å². The Morgan fingerprint density at radius 3 is 2.17 bits per heavy atom. The molecule has 0 saturated carbocycles. The van der Waals surface area contributed by atoms with Crippen molar-refractivity contribution < 1.29 is 19.5 Å². The van der Waals surface area contributed by atoms with Gasteiger partial charge in [-0.25, -0.2) is 4.79 Å². The summed E-state index contributed by atoms with van der Waals surface area (Å²) in [5, 5.41) is 14.6. The minimum absolute atomic E-state index is 0.122. The Bertz CT molecular complexity index is 651. The standard InChI is InChI=1S/C21H34N4O4/c1-14(2)12-18(20(27)24-17(21(28)29)10-6-7-11-22)25-19(26)16(23)13-15-8-4-3-5-9-15/h3-5,8-9,14,16-18H,6-7,10-13,22-23H2,1-2H3,(H,24,27)(H,25,26)(H,28,29)/t16-,17-,18-/m1/s1. The van der Waals surface area contributed by atoms with Crippen molar-refractivity contribution in [3.05, 3.63) is 35.9 Å². The molecule has 0 aliphatic carbocycles. The maximum atomic E-state index is 12.7. The number of benzene rings is 1. The highest BCUT2D eigenvalue weighted by Gasteiger charge is 2.28. The highest BCUT2D eigenvalue weighted by atomic mass is 16.4. The molecule has 1 aromatic carbocycles. The van der Waals surface area contributed by atoms with Crippen LogP contribution in [0.5, 0.6) is 0 Å². The maximum Gasteiger partial charge on any atom is 0.326 e. The SMILES string of the molecule is CC(C)C[C@@H](NC(=O)[C@H](N)Cc1ccccc1)C(=O)N[C@H](CCCCN)C(=O)O. The first-order valence-corrected chi connectivity index (χ1v) is 10.1. The van der Waals surface area contributed by atoms with Crippen molar-refractivity contribution in [2.45, 2.75) is 64.1 Å². The molecule has 0 spiro atoms. The molecular weight excluding hydrogens is 372 g/mol. The molecule has 0 bridgehead atoms. The molecule has 8 heteroatoms. The van der Waals surface area contributed by atoms with E-state index in [1.807, 2.05) is 44.2 Å². The molecule has 0 heterocycles. The van der Waals surface area contributed by atoms with Gasteiger partial charge in [0.25, 0.3) is 0 Å². The van der Waals surface area contributed by atoms with Crippen molar-refractivity contribution in [2.75, 3.05) is 6.54 Å². The molecule has 0 aliphatic rings. The van der Waals surface area contributed by atoms with Crippen molar-refractivity contribution in [3.63, 3.8) is 0 Å². The van der Waals surface area contributed by atoms with Crippen LogP contribution in [0.4, 0.5) is 0 Å². The van der Waals surface area contributed by atoms with Crippen LogP contribution in [0.15, 0.2) is 30.3 Å². The average Bonchev–Trinajstić information content (AvgIpc) is 2.66. The number of hydrogen-bond acceptors (Lipinski definition) is 5. The second kappa shape index (κ2) is 12.9. The van der Waals surface area contributed by atoms with E-state index in [2.05, 4.69) is 10.6 Å². The molecule has 7 N–H and O–H groups in total. The van der Waals surface area contributed by atoms with Gasteiger partial charge in [-0.3, -0.25) is 9.59 Å². The van der Waals surface area contributed by atoms with E-state index in [4.69, 9.17) is 11.5 Å². The van der Waals surface area contributed by atoms with Crippen LogP contribution >= 0.6 is 0 Å². The van der Waals surface area contributed by atoms with Gasteiger partial charge in [0.2, 0.25) is 11.8 Å². The summed E-state index contributed by atoms with van der Waals surface area (Å²) in [5.74, 6) is -1.94. The van der Waals surface area contributed by atoms with Gasteiger partial charge >= 0.3 is 5.97 Å². The average molecular weight is 407 g/mol. The van der Waals surface area contributed by atoms with Crippen molar-refractivity contribution >= 4 is 17.8 Å². The smallest absolute Gasteiger partial charge is 0.326 e. The fourth-order valence-electron chi connectivity index (χ4n) is 2.96. The molecule has 0 aromatic heterocycles. The molecule has 162 valence electrons. The molecule has 29 heavy (non-hydrogen) atoms. The molecular formula is C21H34N4O4. The predicted molar refractivity (Wildman–Crippen MR) is 112 cm³/mol. The summed E-state index contributed by atoms with van der Waals surface area (Å²) in [7, 11) is 0. The number of carbonyl (C=O) groups excluding carboxylic acids is 2. The third-order valence-electron chi connectivity index (χ3n) is 4.54. The van der Waals surface area contributed by atoms with Gasteiger partial charge in [-0.05, 0) is 50.1 Å². The van der Waals surface area contributed by atoms with Crippen LogP contribution in [-0.2, 0) is 20.8 Å². The predicted octanol–water partition coefficient (Wildman–Crippen LogP) is 0.786. The van der Waals surface area contributed by atoms with Crippen LogP contribution in [0.3, 0.4) is 0 Å². The Kier molecular flexibility index (Phi) is 10.9. The number of nitrogens with one attached hydrogen (secondary N) is 2. The highest BCUT2D eigenvalue weighted by molar-refractivity contribution is 5.91. The third-order valence-corrected chi connectivity index (χ3v) is 4.54. The lowest BCUT2D eigenvalue weighted by atomic mass is 10.0. The van der Waals surface area contributed by atoms with Gasteiger partial charge in [-0.15, -0.1) is 0 Å². The zero-order valence-electron chi connectivity index (χ0n) is 17.3. The fourth-order valence-corrected chi connectivity index (χ4v) is 2.96. The summed E-state index contributed by atoms with van der Waals surface area (Å²) in [6.45, 7) is 4.31. The second-order valence-corrected chi connectivity index (χ2v) is 7.67. The summed E-state index contributed by atoms with van der Waals surface area (Å²) < 4.78 is 0.